The molecule has 1 aromatic carbocycles. The fraction of sp³-hybridized carbons (Fsp3) is 0.250. The summed E-state index contributed by atoms with van der Waals surface area (Å²) in [5.74, 6) is 0. The van der Waals surface area contributed by atoms with E-state index in [2.05, 4.69) is 10.6 Å². The molecular formula is C8H14Cl2N2. The summed E-state index contributed by atoms with van der Waals surface area (Å²) in [5.41, 5.74) is 2.28. The molecule has 0 aliphatic heterocycles. The molecule has 2 N–H and O–H groups in total. The zero-order valence-corrected chi connectivity index (χ0v) is 8.76. The molecular weight excluding hydrogens is 195 g/mol. The molecule has 0 aliphatic rings. The molecule has 0 unspecified atom stereocenters. The normalized spacial score (nSPS) is 7.50. The molecule has 0 fully saturated rings. The molecule has 0 bridgehead atoms. The van der Waals surface area contributed by atoms with Gasteiger partial charge in [0.15, 0.2) is 0 Å². The van der Waals surface area contributed by atoms with Gasteiger partial charge in [-0.15, -0.1) is 24.8 Å². The van der Waals surface area contributed by atoms with Gasteiger partial charge in [-0.2, -0.15) is 0 Å². The van der Waals surface area contributed by atoms with Crippen molar-refractivity contribution in [2.45, 2.75) is 0 Å². The molecule has 0 saturated heterocycles. The van der Waals surface area contributed by atoms with Gasteiger partial charge in [-0.05, 0) is 24.3 Å². The van der Waals surface area contributed by atoms with E-state index in [1.165, 1.54) is 0 Å². The maximum atomic E-state index is 3.05. The molecule has 0 saturated carbocycles. The van der Waals surface area contributed by atoms with Gasteiger partial charge in [0.2, 0.25) is 0 Å². The number of halogens is 2. The third-order valence-electron chi connectivity index (χ3n) is 1.46. The predicted molar refractivity (Wildman–Crippen MR) is 60.0 cm³/mol. The SMILES string of the molecule is CNc1ccc(NC)cc1.Cl.Cl. The molecule has 0 aromatic heterocycles. The van der Waals surface area contributed by atoms with Gasteiger partial charge in [0.1, 0.15) is 0 Å². The first-order valence-electron chi connectivity index (χ1n) is 3.32. The van der Waals surface area contributed by atoms with Crippen molar-refractivity contribution in [3.63, 3.8) is 0 Å². The highest BCUT2D eigenvalue weighted by molar-refractivity contribution is 5.85. The minimum atomic E-state index is 0. The molecule has 4 heteroatoms. The third kappa shape index (κ3) is 3.69. The molecule has 2 nitrogen and oxygen atoms in total. The van der Waals surface area contributed by atoms with Crippen LogP contribution in [0.3, 0.4) is 0 Å². The Morgan fingerprint density at radius 1 is 0.750 bits per heavy atom. The molecule has 0 atom stereocenters. The molecule has 1 rings (SSSR count). The first kappa shape index (κ1) is 14.0. The topological polar surface area (TPSA) is 24.1 Å². The molecule has 0 spiro atoms. The van der Waals surface area contributed by atoms with Gasteiger partial charge < -0.3 is 10.6 Å². The summed E-state index contributed by atoms with van der Waals surface area (Å²) >= 11 is 0. The van der Waals surface area contributed by atoms with E-state index < -0.39 is 0 Å². The van der Waals surface area contributed by atoms with Gasteiger partial charge in [-0.3, -0.25) is 0 Å². The number of anilines is 2. The van der Waals surface area contributed by atoms with E-state index in [4.69, 9.17) is 0 Å². The monoisotopic (exact) mass is 208 g/mol. The Morgan fingerprint density at radius 2 is 1.00 bits per heavy atom. The van der Waals surface area contributed by atoms with Crippen LogP contribution in [0.15, 0.2) is 24.3 Å². The zero-order valence-electron chi connectivity index (χ0n) is 7.13. The third-order valence-corrected chi connectivity index (χ3v) is 1.46. The van der Waals surface area contributed by atoms with Crippen molar-refractivity contribution in [2.75, 3.05) is 24.7 Å². The highest BCUT2D eigenvalue weighted by atomic mass is 35.5. The van der Waals surface area contributed by atoms with Crippen LogP contribution in [0.5, 0.6) is 0 Å². The number of benzene rings is 1. The van der Waals surface area contributed by atoms with E-state index in [1.54, 1.807) is 0 Å². The Morgan fingerprint density at radius 3 is 1.17 bits per heavy atom. The van der Waals surface area contributed by atoms with E-state index in [0.717, 1.165) is 11.4 Å². The van der Waals surface area contributed by atoms with Crippen LogP contribution >= 0.6 is 24.8 Å². The lowest BCUT2D eigenvalue weighted by molar-refractivity contribution is 1.47. The molecule has 1 aromatic rings. The molecule has 0 amide bonds. The van der Waals surface area contributed by atoms with E-state index in [-0.39, 0.29) is 24.8 Å². The van der Waals surface area contributed by atoms with Crippen LogP contribution in [0.2, 0.25) is 0 Å². The molecule has 70 valence electrons. The highest BCUT2D eigenvalue weighted by Gasteiger charge is 1.86. The number of hydrogen-bond acceptors (Lipinski definition) is 2. The van der Waals surface area contributed by atoms with Crippen LogP contribution in [0.25, 0.3) is 0 Å². The second-order valence-electron chi connectivity index (χ2n) is 2.08. The minimum Gasteiger partial charge on any atom is -0.388 e. The summed E-state index contributed by atoms with van der Waals surface area (Å²) in [7, 11) is 3.82. The van der Waals surface area contributed by atoms with Crippen molar-refractivity contribution in [1.82, 2.24) is 0 Å². The Labute approximate surface area is 85.6 Å². The van der Waals surface area contributed by atoms with Crippen LogP contribution in [0.1, 0.15) is 0 Å². The van der Waals surface area contributed by atoms with E-state index in [1.807, 2.05) is 38.4 Å². The number of nitrogens with one attached hydrogen (secondary N) is 2. The Bertz CT molecular complexity index is 176. The lowest BCUT2D eigenvalue weighted by atomic mass is 10.3. The second kappa shape index (κ2) is 7.07. The molecule has 0 radical (unpaired) electrons. The minimum absolute atomic E-state index is 0. The maximum absolute atomic E-state index is 3.05. The second-order valence-corrected chi connectivity index (χ2v) is 2.08. The Hall–Kier alpha value is -0.600. The van der Waals surface area contributed by atoms with Gasteiger partial charge >= 0.3 is 0 Å². The van der Waals surface area contributed by atoms with Crippen molar-refractivity contribution < 1.29 is 0 Å². The summed E-state index contributed by atoms with van der Waals surface area (Å²) in [6, 6.07) is 8.13. The van der Waals surface area contributed by atoms with Crippen LogP contribution in [-0.2, 0) is 0 Å². The van der Waals surface area contributed by atoms with Gasteiger partial charge in [-0.1, -0.05) is 0 Å². The largest absolute Gasteiger partial charge is 0.388 e. The average Bonchev–Trinajstić information content (AvgIpc) is 2.05. The van der Waals surface area contributed by atoms with Crippen molar-refractivity contribution in [3.05, 3.63) is 24.3 Å². The maximum Gasteiger partial charge on any atom is 0.0339 e. The first-order valence-corrected chi connectivity index (χ1v) is 3.32. The summed E-state index contributed by atoms with van der Waals surface area (Å²) < 4.78 is 0. The van der Waals surface area contributed by atoms with E-state index in [0.29, 0.717) is 0 Å². The molecule has 0 heterocycles. The smallest absolute Gasteiger partial charge is 0.0339 e. The van der Waals surface area contributed by atoms with Crippen LogP contribution in [-0.4, -0.2) is 14.1 Å². The lowest BCUT2D eigenvalue weighted by Gasteiger charge is -2.01. The van der Waals surface area contributed by atoms with Gasteiger partial charge in [0, 0.05) is 25.5 Å². The average molecular weight is 209 g/mol. The predicted octanol–water partition coefficient (Wildman–Crippen LogP) is 2.61. The van der Waals surface area contributed by atoms with E-state index in [9.17, 15) is 0 Å². The summed E-state index contributed by atoms with van der Waals surface area (Å²) in [5, 5.41) is 6.10. The quantitative estimate of drug-likeness (QED) is 0.782. The van der Waals surface area contributed by atoms with Crippen LogP contribution < -0.4 is 10.6 Å². The number of rotatable bonds is 2. The zero-order chi connectivity index (χ0) is 7.40. The van der Waals surface area contributed by atoms with E-state index >= 15 is 0 Å². The van der Waals surface area contributed by atoms with Gasteiger partial charge in [-0.25, -0.2) is 0 Å². The van der Waals surface area contributed by atoms with Crippen molar-refractivity contribution >= 4 is 36.2 Å². The number of hydrogen-bond donors (Lipinski definition) is 2. The molecule has 0 aliphatic carbocycles. The van der Waals surface area contributed by atoms with Crippen LogP contribution in [0, 0.1) is 0 Å². The van der Waals surface area contributed by atoms with Gasteiger partial charge in [0.25, 0.3) is 0 Å². The Kier molecular flexibility index (Phi) is 8.22. The fourth-order valence-electron chi connectivity index (χ4n) is 0.804. The summed E-state index contributed by atoms with van der Waals surface area (Å²) in [6.45, 7) is 0. The van der Waals surface area contributed by atoms with Crippen molar-refractivity contribution in [3.8, 4) is 0 Å². The van der Waals surface area contributed by atoms with Crippen LogP contribution in [0.4, 0.5) is 11.4 Å². The van der Waals surface area contributed by atoms with Crippen molar-refractivity contribution in [1.29, 1.82) is 0 Å². The summed E-state index contributed by atoms with van der Waals surface area (Å²) in [6.07, 6.45) is 0. The van der Waals surface area contributed by atoms with Crippen molar-refractivity contribution in [2.24, 2.45) is 0 Å². The standard InChI is InChI=1S/C8H12N2.2ClH/c1-9-7-3-5-8(10-2)6-4-7;;/h3-6,9-10H,1-2H3;2*1H. The van der Waals surface area contributed by atoms with Gasteiger partial charge in [0.05, 0.1) is 0 Å². The highest BCUT2D eigenvalue weighted by Crippen LogP contribution is 2.11. The Balaban J connectivity index is 0. The lowest BCUT2D eigenvalue weighted by Crippen LogP contribution is -1.89. The summed E-state index contributed by atoms with van der Waals surface area (Å²) in [4.78, 5) is 0. The molecule has 12 heavy (non-hydrogen) atoms. The first-order chi connectivity index (χ1) is 4.86. The fourth-order valence-corrected chi connectivity index (χ4v) is 0.804.